The van der Waals surface area contributed by atoms with Crippen LogP contribution in [0.2, 0.25) is 0 Å². The summed E-state index contributed by atoms with van der Waals surface area (Å²) in [6, 6.07) is 10.3. The average Bonchev–Trinajstić information content (AvgIpc) is 2.75. The van der Waals surface area contributed by atoms with Crippen molar-refractivity contribution in [1.29, 1.82) is 0 Å². The molecule has 2 aliphatic heterocycles. The van der Waals surface area contributed by atoms with Crippen molar-refractivity contribution in [3.05, 3.63) is 42.0 Å². The number of carbonyl (C=O) groups excluding carboxylic acids is 2. The second kappa shape index (κ2) is 10.3. The Hall–Kier alpha value is -2.34. The Morgan fingerprint density at radius 3 is 2.32 bits per heavy atom. The Labute approximate surface area is 167 Å². The summed E-state index contributed by atoms with van der Waals surface area (Å²) in [6.45, 7) is 7.73. The van der Waals surface area contributed by atoms with E-state index in [0.29, 0.717) is 19.7 Å². The van der Waals surface area contributed by atoms with Crippen molar-refractivity contribution in [2.75, 3.05) is 52.4 Å². The van der Waals surface area contributed by atoms with Gasteiger partial charge >= 0.3 is 6.09 Å². The molecule has 2 amide bonds. The highest BCUT2D eigenvalue weighted by Crippen LogP contribution is 2.21. The number of ether oxygens (including phenoxy) is 1. The number of hydrogen-bond acceptors (Lipinski definition) is 4. The highest BCUT2D eigenvalue weighted by molar-refractivity contribution is 5.79. The quantitative estimate of drug-likeness (QED) is 0.782. The number of rotatable bonds is 5. The van der Waals surface area contributed by atoms with Crippen molar-refractivity contribution in [1.82, 2.24) is 14.7 Å². The SMILES string of the molecule is CCOC(=O)N1CCC(C(=O)N2CCN(C/C=C/c3ccccc3)CC2)CC1. The minimum Gasteiger partial charge on any atom is -0.450 e. The van der Waals surface area contributed by atoms with Crippen LogP contribution >= 0.6 is 0 Å². The number of amides is 2. The van der Waals surface area contributed by atoms with Gasteiger partial charge in [0, 0.05) is 51.7 Å². The lowest BCUT2D eigenvalue weighted by Gasteiger charge is -2.38. The zero-order valence-electron chi connectivity index (χ0n) is 16.8. The normalized spacial score (nSPS) is 19.2. The molecule has 0 N–H and O–H groups in total. The van der Waals surface area contributed by atoms with Crippen LogP contribution < -0.4 is 0 Å². The van der Waals surface area contributed by atoms with Gasteiger partial charge < -0.3 is 14.5 Å². The molecule has 0 atom stereocenters. The van der Waals surface area contributed by atoms with Crippen molar-refractivity contribution < 1.29 is 14.3 Å². The van der Waals surface area contributed by atoms with Crippen LogP contribution in [0, 0.1) is 5.92 Å². The molecule has 0 bridgehead atoms. The summed E-state index contributed by atoms with van der Waals surface area (Å²) in [5, 5.41) is 0. The van der Waals surface area contributed by atoms with Crippen LogP contribution in [0.5, 0.6) is 0 Å². The number of benzene rings is 1. The van der Waals surface area contributed by atoms with Crippen LogP contribution in [-0.4, -0.2) is 79.1 Å². The molecule has 0 aromatic heterocycles. The van der Waals surface area contributed by atoms with Gasteiger partial charge in [-0.15, -0.1) is 0 Å². The fourth-order valence-electron chi connectivity index (χ4n) is 3.83. The Balaban J connectivity index is 1.38. The molecule has 2 fully saturated rings. The van der Waals surface area contributed by atoms with Gasteiger partial charge in [-0.05, 0) is 25.3 Å². The van der Waals surface area contributed by atoms with Crippen LogP contribution in [-0.2, 0) is 9.53 Å². The first kappa shape index (κ1) is 20.4. The van der Waals surface area contributed by atoms with E-state index in [2.05, 4.69) is 29.2 Å². The van der Waals surface area contributed by atoms with Crippen molar-refractivity contribution >= 4 is 18.1 Å². The predicted octanol–water partition coefficient (Wildman–Crippen LogP) is 2.71. The molecule has 0 unspecified atom stereocenters. The van der Waals surface area contributed by atoms with Gasteiger partial charge in [-0.1, -0.05) is 42.5 Å². The average molecular weight is 386 g/mol. The molecule has 6 heteroatoms. The molecule has 0 aliphatic carbocycles. The summed E-state index contributed by atoms with van der Waals surface area (Å²) < 4.78 is 5.05. The maximum Gasteiger partial charge on any atom is 0.409 e. The van der Waals surface area contributed by atoms with Gasteiger partial charge in [0.2, 0.25) is 5.91 Å². The van der Waals surface area contributed by atoms with Gasteiger partial charge in [0.15, 0.2) is 0 Å². The van der Waals surface area contributed by atoms with Crippen molar-refractivity contribution in [3.63, 3.8) is 0 Å². The van der Waals surface area contributed by atoms with E-state index in [9.17, 15) is 9.59 Å². The molecule has 152 valence electrons. The maximum absolute atomic E-state index is 12.8. The van der Waals surface area contributed by atoms with E-state index in [1.807, 2.05) is 30.0 Å². The molecule has 0 spiro atoms. The minimum atomic E-state index is -0.259. The lowest BCUT2D eigenvalue weighted by molar-refractivity contribution is -0.138. The van der Waals surface area contributed by atoms with E-state index in [-0.39, 0.29) is 17.9 Å². The van der Waals surface area contributed by atoms with Gasteiger partial charge in [-0.3, -0.25) is 9.69 Å². The molecule has 3 rings (SSSR count). The third kappa shape index (κ3) is 5.58. The molecule has 0 saturated carbocycles. The first-order valence-corrected chi connectivity index (χ1v) is 10.3. The van der Waals surface area contributed by atoms with Crippen molar-refractivity contribution in [2.24, 2.45) is 5.92 Å². The smallest absolute Gasteiger partial charge is 0.409 e. The second-order valence-corrected chi connectivity index (χ2v) is 7.40. The van der Waals surface area contributed by atoms with Crippen LogP contribution in [0.3, 0.4) is 0 Å². The first-order valence-electron chi connectivity index (χ1n) is 10.3. The minimum absolute atomic E-state index is 0.0372. The van der Waals surface area contributed by atoms with Crippen molar-refractivity contribution in [3.8, 4) is 0 Å². The molecule has 2 heterocycles. The summed E-state index contributed by atoms with van der Waals surface area (Å²) >= 11 is 0. The number of nitrogens with zero attached hydrogens (tertiary/aromatic N) is 3. The molecule has 2 saturated heterocycles. The van der Waals surface area contributed by atoms with E-state index in [4.69, 9.17) is 4.74 Å². The lowest BCUT2D eigenvalue weighted by Crippen LogP contribution is -2.51. The fraction of sp³-hybridized carbons (Fsp3) is 0.545. The van der Waals surface area contributed by atoms with Gasteiger partial charge in [0.25, 0.3) is 0 Å². The fourth-order valence-corrected chi connectivity index (χ4v) is 3.83. The topological polar surface area (TPSA) is 53.1 Å². The third-order valence-electron chi connectivity index (χ3n) is 5.53. The predicted molar refractivity (Wildman–Crippen MR) is 110 cm³/mol. The molecule has 28 heavy (non-hydrogen) atoms. The highest BCUT2D eigenvalue weighted by atomic mass is 16.6. The molecule has 0 radical (unpaired) electrons. The Morgan fingerprint density at radius 1 is 1.00 bits per heavy atom. The number of likely N-dealkylation sites (tertiary alicyclic amines) is 1. The zero-order chi connectivity index (χ0) is 19.8. The molecular weight excluding hydrogens is 354 g/mol. The van der Waals surface area contributed by atoms with Gasteiger partial charge in [0.05, 0.1) is 6.61 Å². The van der Waals surface area contributed by atoms with Crippen LogP contribution in [0.4, 0.5) is 4.79 Å². The largest absolute Gasteiger partial charge is 0.450 e. The molecule has 6 nitrogen and oxygen atoms in total. The molecule has 2 aliphatic rings. The van der Waals surface area contributed by atoms with E-state index in [1.165, 1.54) is 5.56 Å². The third-order valence-corrected chi connectivity index (χ3v) is 5.53. The van der Waals surface area contributed by atoms with E-state index < -0.39 is 0 Å². The van der Waals surface area contributed by atoms with Crippen LogP contribution in [0.15, 0.2) is 36.4 Å². The lowest BCUT2D eigenvalue weighted by atomic mass is 9.95. The monoisotopic (exact) mass is 385 g/mol. The Kier molecular flexibility index (Phi) is 7.48. The summed E-state index contributed by atoms with van der Waals surface area (Å²) in [6.07, 6.45) is 5.55. The van der Waals surface area contributed by atoms with E-state index in [1.54, 1.807) is 4.90 Å². The van der Waals surface area contributed by atoms with Gasteiger partial charge in [-0.2, -0.15) is 0 Å². The second-order valence-electron chi connectivity index (χ2n) is 7.40. The van der Waals surface area contributed by atoms with E-state index >= 15 is 0 Å². The Morgan fingerprint density at radius 2 is 1.68 bits per heavy atom. The summed E-state index contributed by atoms with van der Waals surface area (Å²) in [4.78, 5) is 30.7. The molecule has 1 aromatic carbocycles. The number of piperazine rings is 1. The number of piperidine rings is 1. The van der Waals surface area contributed by atoms with Gasteiger partial charge in [-0.25, -0.2) is 4.79 Å². The molecule has 1 aromatic rings. The summed E-state index contributed by atoms with van der Waals surface area (Å²) in [5.74, 6) is 0.290. The first-order chi connectivity index (χ1) is 13.7. The van der Waals surface area contributed by atoms with Crippen LogP contribution in [0.1, 0.15) is 25.3 Å². The van der Waals surface area contributed by atoms with Gasteiger partial charge in [0.1, 0.15) is 0 Å². The zero-order valence-corrected chi connectivity index (χ0v) is 16.8. The van der Waals surface area contributed by atoms with Crippen LogP contribution in [0.25, 0.3) is 6.08 Å². The molecular formula is C22H31N3O3. The van der Waals surface area contributed by atoms with Crippen molar-refractivity contribution in [2.45, 2.75) is 19.8 Å². The maximum atomic E-state index is 12.8. The summed E-state index contributed by atoms with van der Waals surface area (Å²) in [7, 11) is 0. The highest BCUT2D eigenvalue weighted by Gasteiger charge is 2.31. The Bertz CT molecular complexity index is 661. The van der Waals surface area contributed by atoms with E-state index in [0.717, 1.165) is 45.6 Å². The number of hydrogen-bond donors (Lipinski definition) is 0. The summed E-state index contributed by atoms with van der Waals surface area (Å²) in [5.41, 5.74) is 1.21. The standard InChI is InChI=1S/C22H31N3O3/c1-2-28-22(27)25-13-10-20(11-14-25)21(26)24-17-15-23(16-18-24)12-6-9-19-7-4-3-5-8-19/h3-9,20H,2,10-18H2,1H3/b9-6+. The number of carbonyl (C=O) groups is 2.